The first kappa shape index (κ1) is 31.5. The highest BCUT2D eigenvalue weighted by Crippen LogP contribution is 2.40. The van der Waals surface area contributed by atoms with Crippen molar-refractivity contribution in [1.29, 1.82) is 0 Å². The van der Waals surface area contributed by atoms with Gasteiger partial charge in [-0.3, -0.25) is 19.2 Å². The summed E-state index contributed by atoms with van der Waals surface area (Å²) in [4.78, 5) is 66.5. The van der Waals surface area contributed by atoms with E-state index in [1.807, 2.05) is 24.3 Å². The summed E-state index contributed by atoms with van der Waals surface area (Å²) in [7, 11) is 0. The Bertz CT molecular complexity index is 1980. The molecule has 4 aliphatic rings. The maximum atomic E-state index is 13.5. The van der Waals surface area contributed by atoms with Gasteiger partial charge >= 0.3 is 0 Å². The fraction of sp³-hybridized carbons (Fsp3) is 0.143. The summed E-state index contributed by atoms with van der Waals surface area (Å²) >= 11 is 25.4. The van der Waals surface area contributed by atoms with Crippen molar-refractivity contribution >= 4 is 92.8 Å². The van der Waals surface area contributed by atoms with Crippen molar-refractivity contribution in [3.05, 3.63) is 127 Å². The zero-order valence-corrected chi connectivity index (χ0v) is 27.9. The van der Waals surface area contributed by atoms with Gasteiger partial charge in [0.2, 0.25) is 24.0 Å². The average molecular weight is 734 g/mol. The Morgan fingerprint density at radius 3 is 1.20 bits per heavy atom. The number of benzene rings is 4. The number of rotatable bonds is 6. The standard InChI is InChI=1S/C35H20Cl4N4O6/c36-20-3-1-4-21(37)24(20)28-26-30(48-40-28)34(46)42(32(26)44)18-11-7-16(8-12-18)15-17-9-13-19(14-10-17)43-33(45)27-29(41-49-31(27)35(43)47)25-22(38)5-2-6-23(25)39/h1-14,26-27,30-31H,15H2/t26-,27+,30+,31-. The molecule has 0 saturated carbocycles. The highest BCUT2D eigenvalue weighted by molar-refractivity contribution is 6.44. The number of hydrogen-bond donors (Lipinski definition) is 0. The van der Waals surface area contributed by atoms with E-state index in [-0.39, 0.29) is 11.4 Å². The predicted octanol–water partition coefficient (Wildman–Crippen LogP) is 6.48. The lowest BCUT2D eigenvalue weighted by Gasteiger charge is -2.17. The first-order valence-electron chi connectivity index (χ1n) is 14.9. The molecule has 49 heavy (non-hydrogen) atoms. The molecule has 0 N–H and O–H groups in total. The van der Waals surface area contributed by atoms with Gasteiger partial charge < -0.3 is 9.68 Å². The molecule has 0 radical (unpaired) electrons. The number of nitrogens with zero attached hydrogens (tertiary/aromatic N) is 4. The van der Waals surface area contributed by atoms with Crippen molar-refractivity contribution in [2.75, 3.05) is 9.80 Å². The van der Waals surface area contributed by atoms with E-state index in [0.29, 0.717) is 49.0 Å². The van der Waals surface area contributed by atoms with Gasteiger partial charge in [0.15, 0.2) is 0 Å². The second-order valence-corrected chi connectivity index (χ2v) is 13.3. The Kier molecular flexibility index (Phi) is 7.72. The molecule has 14 heteroatoms. The molecule has 2 saturated heterocycles. The van der Waals surface area contributed by atoms with Gasteiger partial charge in [0.25, 0.3) is 11.8 Å². The summed E-state index contributed by atoms with van der Waals surface area (Å²) in [5.41, 5.74) is 3.71. The van der Waals surface area contributed by atoms with Crippen molar-refractivity contribution in [3.63, 3.8) is 0 Å². The predicted molar refractivity (Wildman–Crippen MR) is 183 cm³/mol. The molecule has 0 aliphatic carbocycles. The third-order valence-corrected chi connectivity index (χ3v) is 10.1. The molecule has 10 nitrogen and oxygen atoms in total. The Labute approximate surface area is 298 Å². The van der Waals surface area contributed by atoms with Gasteiger partial charge in [-0.05, 0) is 66.1 Å². The third-order valence-electron chi connectivity index (χ3n) is 8.86. The zero-order chi connectivity index (χ0) is 34.1. The van der Waals surface area contributed by atoms with Crippen LogP contribution in [0.15, 0.2) is 95.2 Å². The maximum Gasteiger partial charge on any atom is 0.278 e. The fourth-order valence-corrected chi connectivity index (χ4v) is 7.71. The number of carbonyl (C=O) groups is 4. The number of halogens is 4. The van der Waals surface area contributed by atoms with Crippen LogP contribution in [0.5, 0.6) is 0 Å². The van der Waals surface area contributed by atoms with Gasteiger partial charge in [-0.2, -0.15) is 0 Å². The van der Waals surface area contributed by atoms with Crippen LogP contribution in [0.4, 0.5) is 11.4 Å². The summed E-state index contributed by atoms with van der Waals surface area (Å²) in [5, 5.41) is 9.17. The largest absolute Gasteiger partial charge is 0.381 e. The summed E-state index contributed by atoms with van der Waals surface area (Å²) in [6.45, 7) is 0. The summed E-state index contributed by atoms with van der Waals surface area (Å²) < 4.78 is 0. The number of imide groups is 2. The molecule has 0 aromatic heterocycles. The van der Waals surface area contributed by atoms with Crippen LogP contribution in [-0.4, -0.2) is 47.3 Å². The number of carbonyl (C=O) groups excluding carboxylic acids is 4. The molecule has 0 unspecified atom stereocenters. The first-order chi connectivity index (χ1) is 23.6. The number of oxime groups is 2. The number of hydrogen-bond acceptors (Lipinski definition) is 8. The summed E-state index contributed by atoms with van der Waals surface area (Å²) in [5.74, 6) is -3.99. The van der Waals surface area contributed by atoms with E-state index < -0.39 is 47.7 Å². The Balaban J connectivity index is 0.963. The molecule has 4 aromatic carbocycles. The highest BCUT2D eigenvalue weighted by Gasteiger charge is 2.58. The normalized spacial score (nSPS) is 22.6. The molecule has 4 aromatic rings. The lowest BCUT2D eigenvalue weighted by atomic mass is 9.94. The van der Waals surface area contributed by atoms with E-state index >= 15 is 0 Å². The second kappa shape index (κ2) is 12.0. The molecule has 8 rings (SSSR count). The topological polar surface area (TPSA) is 118 Å². The van der Waals surface area contributed by atoms with Crippen molar-refractivity contribution in [2.24, 2.45) is 22.1 Å². The quantitative estimate of drug-likeness (QED) is 0.210. The van der Waals surface area contributed by atoms with Crippen LogP contribution < -0.4 is 9.80 Å². The van der Waals surface area contributed by atoms with Gasteiger partial charge in [-0.1, -0.05) is 93.1 Å². The van der Waals surface area contributed by atoms with Crippen molar-refractivity contribution in [1.82, 2.24) is 0 Å². The van der Waals surface area contributed by atoms with Gasteiger partial charge in [0.1, 0.15) is 23.3 Å². The van der Waals surface area contributed by atoms with Gasteiger partial charge in [-0.25, -0.2) is 9.80 Å². The molecule has 244 valence electrons. The lowest BCUT2D eigenvalue weighted by Crippen LogP contribution is -2.33. The van der Waals surface area contributed by atoms with E-state index in [2.05, 4.69) is 10.3 Å². The van der Waals surface area contributed by atoms with Crippen LogP contribution >= 0.6 is 46.4 Å². The Morgan fingerprint density at radius 2 is 0.857 bits per heavy atom. The lowest BCUT2D eigenvalue weighted by molar-refractivity contribution is -0.127. The van der Waals surface area contributed by atoms with E-state index in [0.717, 1.165) is 20.9 Å². The van der Waals surface area contributed by atoms with E-state index in [4.69, 9.17) is 56.1 Å². The van der Waals surface area contributed by atoms with Crippen LogP contribution in [0, 0.1) is 11.8 Å². The molecule has 4 aliphatic heterocycles. The molecular formula is C35H20Cl4N4O6. The van der Waals surface area contributed by atoms with E-state index in [1.165, 1.54) is 0 Å². The third kappa shape index (κ3) is 5.01. The molecule has 4 amide bonds. The van der Waals surface area contributed by atoms with Crippen molar-refractivity contribution < 1.29 is 28.9 Å². The maximum absolute atomic E-state index is 13.5. The molecule has 0 bridgehead atoms. The molecule has 4 heterocycles. The number of amides is 4. The van der Waals surface area contributed by atoms with Crippen LogP contribution in [0.25, 0.3) is 0 Å². The molecule has 0 spiro atoms. The van der Waals surface area contributed by atoms with E-state index in [9.17, 15) is 19.2 Å². The monoisotopic (exact) mass is 732 g/mol. The minimum absolute atomic E-state index is 0.216. The van der Waals surface area contributed by atoms with Crippen molar-refractivity contribution in [3.8, 4) is 0 Å². The Hall–Kier alpha value is -4.74. The van der Waals surface area contributed by atoms with Gasteiger partial charge in [0, 0.05) is 11.1 Å². The average Bonchev–Trinajstić information content (AvgIpc) is 3.82. The minimum atomic E-state index is -1.11. The number of anilines is 2. The fourth-order valence-electron chi connectivity index (χ4n) is 6.52. The van der Waals surface area contributed by atoms with Crippen LogP contribution in [0.3, 0.4) is 0 Å². The summed E-state index contributed by atoms with van der Waals surface area (Å²) in [6, 6.07) is 23.8. The first-order valence-corrected chi connectivity index (χ1v) is 16.4. The van der Waals surface area contributed by atoms with Gasteiger partial charge in [-0.15, -0.1) is 0 Å². The molecule has 2 fully saturated rings. The van der Waals surface area contributed by atoms with Crippen molar-refractivity contribution in [2.45, 2.75) is 18.6 Å². The molecule has 4 atom stereocenters. The van der Waals surface area contributed by atoms with E-state index in [1.54, 1.807) is 60.7 Å². The smallest absolute Gasteiger partial charge is 0.278 e. The zero-order valence-electron chi connectivity index (χ0n) is 24.8. The van der Waals surface area contributed by atoms with Crippen LogP contribution in [0.1, 0.15) is 22.3 Å². The SMILES string of the molecule is O=C1[C@@H]2C(c3c(Cl)cccc3Cl)=NO[C@@H]2C(=O)N1c1ccc(Cc2ccc(N3C(=O)[C@H]4C(c5c(Cl)cccc5Cl)=NO[C@H]4C3=O)cc2)cc1. The highest BCUT2D eigenvalue weighted by atomic mass is 35.5. The minimum Gasteiger partial charge on any atom is -0.381 e. The van der Waals surface area contributed by atoms with Gasteiger partial charge in [0.05, 0.1) is 31.5 Å². The van der Waals surface area contributed by atoms with Crippen LogP contribution in [0.2, 0.25) is 20.1 Å². The van der Waals surface area contributed by atoms with Crippen LogP contribution in [-0.2, 0) is 35.3 Å². The second-order valence-electron chi connectivity index (χ2n) is 11.7. The summed E-state index contributed by atoms with van der Waals surface area (Å²) in [6.07, 6.45) is -1.72. The molecular weight excluding hydrogens is 714 g/mol. The Morgan fingerprint density at radius 1 is 0.510 bits per heavy atom. The number of fused-ring (bicyclic) bond motifs is 2.